The third-order valence-corrected chi connectivity index (χ3v) is 3.64. The second-order valence-electron chi connectivity index (χ2n) is 4.31. The van der Waals surface area contributed by atoms with Crippen LogP contribution in [0.3, 0.4) is 0 Å². The van der Waals surface area contributed by atoms with Crippen molar-refractivity contribution < 1.29 is 13.2 Å². The standard InChI is InChI=1S/C14H8F3IN2/c15-14(16,17)10-3-6-13-19-12(8-20(13)7-10)9-1-4-11(18)5-2-9/h1-8H. The Balaban J connectivity index is 2.09. The topological polar surface area (TPSA) is 17.3 Å². The maximum absolute atomic E-state index is 12.7. The van der Waals surface area contributed by atoms with Gasteiger partial charge in [0.2, 0.25) is 0 Å². The van der Waals surface area contributed by atoms with Gasteiger partial charge in [-0.2, -0.15) is 13.2 Å². The van der Waals surface area contributed by atoms with E-state index in [4.69, 9.17) is 0 Å². The first kappa shape index (κ1) is 13.4. The van der Waals surface area contributed by atoms with Gasteiger partial charge in [0.05, 0.1) is 11.3 Å². The molecule has 0 atom stereocenters. The number of halogens is 4. The zero-order valence-electron chi connectivity index (χ0n) is 10.0. The van der Waals surface area contributed by atoms with Crippen LogP contribution in [0.25, 0.3) is 16.9 Å². The van der Waals surface area contributed by atoms with Gasteiger partial charge in [0.25, 0.3) is 0 Å². The van der Waals surface area contributed by atoms with Crippen LogP contribution >= 0.6 is 22.6 Å². The van der Waals surface area contributed by atoms with Crippen molar-refractivity contribution in [3.8, 4) is 11.3 Å². The lowest BCUT2D eigenvalue weighted by Crippen LogP contribution is -2.05. The van der Waals surface area contributed by atoms with E-state index in [1.54, 1.807) is 6.20 Å². The summed E-state index contributed by atoms with van der Waals surface area (Å²) in [5.41, 5.74) is 1.34. The van der Waals surface area contributed by atoms with Gasteiger partial charge in [-0.05, 0) is 46.9 Å². The molecule has 0 radical (unpaired) electrons. The third-order valence-electron chi connectivity index (χ3n) is 2.92. The summed E-state index contributed by atoms with van der Waals surface area (Å²) >= 11 is 2.19. The molecule has 2 nitrogen and oxygen atoms in total. The van der Waals surface area contributed by atoms with Crippen molar-refractivity contribution >= 4 is 28.2 Å². The molecule has 0 amide bonds. The molecule has 0 fully saturated rings. The largest absolute Gasteiger partial charge is 0.417 e. The number of hydrogen-bond acceptors (Lipinski definition) is 1. The van der Waals surface area contributed by atoms with Gasteiger partial charge in [-0.15, -0.1) is 0 Å². The van der Waals surface area contributed by atoms with E-state index >= 15 is 0 Å². The van der Waals surface area contributed by atoms with Crippen molar-refractivity contribution in [3.63, 3.8) is 0 Å². The molecule has 0 bridgehead atoms. The fourth-order valence-corrected chi connectivity index (χ4v) is 2.28. The van der Waals surface area contributed by atoms with Crippen LogP contribution in [0, 0.1) is 3.57 Å². The van der Waals surface area contributed by atoms with Crippen molar-refractivity contribution in [2.75, 3.05) is 0 Å². The predicted octanol–water partition coefficient (Wildman–Crippen LogP) is 4.62. The minimum atomic E-state index is -4.35. The normalized spacial score (nSPS) is 12.0. The first-order chi connectivity index (χ1) is 9.43. The zero-order valence-corrected chi connectivity index (χ0v) is 12.2. The number of imidazole rings is 1. The smallest absolute Gasteiger partial charge is 0.306 e. The molecule has 0 spiro atoms. The molecular weight excluding hydrogens is 380 g/mol. The van der Waals surface area contributed by atoms with E-state index in [0.29, 0.717) is 11.3 Å². The maximum atomic E-state index is 12.7. The Bertz CT molecular complexity index is 760. The molecule has 0 saturated carbocycles. The molecule has 0 unspecified atom stereocenters. The zero-order chi connectivity index (χ0) is 14.3. The Labute approximate surface area is 126 Å². The maximum Gasteiger partial charge on any atom is 0.417 e. The molecule has 0 aliphatic heterocycles. The van der Waals surface area contributed by atoms with E-state index in [9.17, 15) is 13.2 Å². The van der Waals surface area contributed by atoms with Crippen LogP contribution in [0.1, 0.15) is 5.56 Å². The minimum Gasteiger partial charge on any atom is -0.306 e. The van der Waals surface area contributed by atoms with Crippen molar-refractivity contribution in [2.24, 2.45) is 0 Å². The van der Waals surface area contributed by atoms with Crippen LogP contribution in [0.2, 0.25) is 0 Å². The minimum absolute atomic E-state index is 0.492. The Morgan fingerprint density at radius 3 is 2.30 bits per heavy atom. The Hall–Kier alpha value is -1.57. The number of aromatic nitrogens is 2. The van der Waals surface area contributed by atoms with Gasteiger partial charge in [0.1, 0.15) is 5.65 Å². The van der Waals surface area contributed by atoms with Gasteiger partial charge in [-0.3, -0.25) is 0 Å². The first-order valence-corrected chi connectivity index (χ1v) is 6.83. The van der Waals surface area contributed by atoms with Gasteiger partial charge in [-0.1, -0.05) is 12.1 Å². The van der Waals surface area contributed by atoms with Crippen LogP contribution in [-0.4, -0.2) is 9.38 Å². The van der Waals surface area contributed by atoms with Crippen molar-refractivity contribution in [3.05, 3.63) is 57.9 Å². The van der Waals surface area contributed by atoms with Gasteiger partial charge >= 0.3 is 6.18 Å². The molecule has 2 heterocycles. The average Bonchev–Trinajstić information content (AvgIpc) is 2.81. The van der Waals surface area contributed by atoms with E-state index in [2.05, 4.69) is 27.6 Å². The summed E-state index contributed by atoms with van der Waals surface area (Å²) in [6.07, 6.45) is -1.69. The van der Waals surface area contributed by atoms with E-state index in [1.165, 1.54) is 10.5 Å². The Morgan fingerprint density at radius 2 is 1.65 bits per heavy atom. The number of nitrogens with zero attached hydrogens (tertiary/aromatic N) is 2. The summed E-state index contributed by atoms with van der Waals surface area (Å²) in [5.74, 6) is 0. The summed E-state index contributed by atoms with van der Waals surface area (Å²) in [6, 6.07) is 10.1. The number of alkyl halides is 3. The van der Waals surface area contributed by atoms with E-state index < -0.39 is 11.7 Å². The van der Waals surface area contributed by atoms with Crippen LogP contribution in [0.5, 0.6) is 0 Å². The van der Waals surface area contributed by atoms with Gasteiger partial charge in [0, 0.05) is 21.5 Å². The number of benzene rings is 1. The molecule has 2 aromatic heterocycles. The summed E-state index contributed by atoms with van der Waals surface area (Å²) in [5, 5.41) is 0. The van der Waals surface area contributed by atoms with Crippen LogP contribution in [0.15, 0.2) is 48.8 Å². The Kier molecular flexibility index (Phi) is 3.19. The third kappa shape index (κ3) is 2.52. The van der Waals surface area contributed by atoms with Gasteiger partial charge < -0.3 is 4.40 Å². The summed E-state index contributed by atoms with van der Waals surface area (Å²) in [6.45, 7) is 0. The molecule has 0 aliphatic rings. The summed E-state index contributed by atoms with van der Waals surface area (Å²) in [7, 11) is 0. The van der Waals surface area contributed by atoms with E-state index in [-0.39, 0.29) is 0 Å². The summed E-state index contributed by atoms with van der Waals surface area (Å²) in [4.78, 5) is 4.33. The van der Waals surface area contributed by atoms with Gasteiger partial charge in [0.15, 0.2) is 0 Å². The van der Waals surface area contributed by atoms with Crippen molar-refractivity contribution in [1.82, 2.24) is 9.38 Å². The molecule has 0 N–H and O–H groups in total. The highest BCUT2D eigenvalue weighted by atomic mass is 127. The van der Waals surface area contributed by atoms with Crippen LogP contribution < -0.4 is 0 Å². The molecule has 1 aromatic carbocycles. The molecule has 20 heavy (non-hydrogen) atoms. The second-order valence-corrected chi connectivity index (χ2v) is 5.56. The average molecular weight is 388 g/mol. The fourth-order valence-electron chi connectivity index (χ4n) is 1.92. The van der Waals surface area contributed by atoms with Gasteiger partial charge in [-0.25, -0.2) is 4.98 Å². The number of pyridine rings is 1. The lowest BCUT2D eigenvalue weighted by molar-refractivity contribution is -0.137. The molecule has 6 heteroatoms. The lowest BCUT2D eigenvalue weighted by atomic mass is 10.2. The van der Waals surface area contributed by atoms with E-state index in [0.717, 1.165) is 21.4 Å². The van der Waals surface area contributed by atoms with Crippen molar-refractivity contribution in [2.45, 2.75) is 6.18 Å². The monoisotopic (exact) mass is 388 g/mol. The lowest BCUT2D eigenvalue weighted by Gasteiger charge is -2.05. The van der Waals surface area contributed by atoms with Crippen molar-refractivity contribution in [1.29, 1.82) is 0 Å². The van der Waals surface area contributed by atoms with Crippen LogP contribution in [-0.2, 0) is 6.18 Å². The highest BCUT2D eigenvalue weighted by Gasteiger charge is 2.30. The highest BCUT2D eigenvalue weighted by Crippen LogP contribution is 2.30. The fraction of sp³-hybridized carbons (Fsp3) is 0.0714. The number of fused-ring (bicyclic) bond motifs is 1. The first-order valence-electron chi connectivity index (χ1n) is 5.75. The predicted molar refractivity (Wildman–Crippen MR) is 78.3 cm³/mol. The van der Waals surface area contributed by atoms with E-state index in [1.807, 2.05) is 24.3 Å². The number of rotatable bonds is 1. The second kappa shape index (κ2) is 4.76. The number of hydrogen-bond donors (Lipinski definition) is 0. The molecule has 102 valence electrons. The summed E-state index contributed by atoms with van der Waals surface area (Å²) < 4.78 is 40.5. The molecule has 0 saturated heterocycles. The van der Waals surface area contributed by atoms with Crippen LogP contribution in [0.4, 0.5) is 13.2 Å². The molecule has 3 aromatic rings. The molecule has 0 aliphatic carbocycles. The molecular formula is C14H8F3IN2. The highest BCUT2D eigenvalue weighted by molar-refractivity contribution is 14.1. The Morgan fingerprint density at radius 1 is 0.950 bits per heavy atom. The SMILES string of the molecule is FC(F)(F)c1ccc2nc(-c3ccc(I)cc3)cn2c1. The molecule has 3 rings (SSSR count). The quantitative estimate of drug-likeness (QED) is 0.556.